The molecule has 1 heterocycles. The lowest BCUT2D eigenvalue weighted by Gasteiger charge is -2.22. The van der Waals surface area contributed by atoms with Crippen LogP contribution in [0.5, 0.6) is 5.75 Å². The van der Waals surface area contributed by atoms with Crippen LogP contribution in [0.25, 0.3) is 0 Å². The molecule has 1 aromatic carbocycles. The minimum absolute atomic E-state index is 0.0490. The van der Waals surface area contributed by atoms with Crippen molar-refractivity contribution in [2.45, 2.75) is 32.1 Å². The van der Waals surface area contributed by atoms with Crippen molar-refractivity contribution >= 4 is 17.6 Å². The number of amides is 1. The number of carbonyl (C=O) groups is 2. The highest BCUT2D eigenvalue weighted by atomic mass is 16.5. The Labute approximate surface area is 142 Å². The van der Waals surface area contributed by atoms with E-state index in [1.54, 1.807) is 24.3 Å². The molecule has 6 heteroatoms. The van der Waals surface area contributed by atoms with E-state index in [0.29, 0.717) is 18.1 Å². The van der Waals surface area contributed by atoms with Crippen LogP contribution in [0.4, 0.5) is 5.69 Å². The van der Waals surface area contributed by atoms with E-state index in [1.165, 1.54) is 7.11 Å². The van der Waals surface area contributed by atoms with Crippen molar-refractivity contribution in [1.29, 1.82) is 0 Å². The zero-order valence-electron chi connectivity index (χ0n) is 14.2. The van der Waals surface area contributed by atoms with E-state index >= 15 is 0 Å². The van der Waals surface area contributed by atoms with Crippen LogP contribution in [-0.4, -0.2) is 38.7 Å². The van der Waals surface area contributed by atoms with Crippen molar-refractivity contribution in [2.24, 2.45) is 5.92 Å². The summed E-state index contributed by atoms with van der Waals surface area (Å²) in [6, 6.07) is 7.16. The van der Waals surface area contributed by atoms with Crippen molar-refractivity contribution in [3.05, 3.63) is 24.3 Å². The van der Waals surface area contributed by atoms with Gasteiger partial charge in [-0.15, -0.1) is 0 Å². The average Bonchev–Trinajstić information content (AvgIpc) is 2.62. The molecule has 6 nitrogen and oxygen atoms in total. The minimum atomic E-state index is -0.298. The fraction of sp³-hybridized carbons (Fsp3) is 0.556. The first-order chi connectivity index (χ1) is 11.7. The Morgan fingerprint density at radius 1 is 1.17 bits per heavy atom. The molecular formula is C18H26N2O4. The maximum Gasteiger partial charge on any atom is 0.308 e. The highest BCUT2D eigenvalue weighted by Crippen LogP contribution is 2.19. The minimum Gasteiger partial charge on any atom is -0.493 e. The Hall–Kier alpha value is -2.08. The van der Waals surface area contributed by atoms with Gasteiger partial charge in [0.05, 0.1) is 20.1 Å². The van der Waals surface area contributed by atoms with Gasteiger partial charge in [0.25, 0.3) is 0 Å². The molecule has 1 saturated heterocycles. The summed E-state index contributed by atoms with van der Waals surface area (Å²) in [6.07, 6.45) is 4.03. The molecule has 0 aliphatic carbocycles. The Morgan fingerprint density at radius 2 is 1.88 bits per heavy atom. The van der Waals surface area contributed by atoms with Gasteiger partial charge in [0.1, 0.15) is 5.75 Å². The van der Waals surface area contributed by atoms with E-state index in [1.807, 2.05) is 0 Å². The summed E-state index contributed by atoms with van der Waals surface area (Å²) < 4.78 is 9.99. The molecule has 0 aromatic heterocycles. The number of nitrogens with one attached hydrogen (secondary N) is 2. The molecule has 2 N–H and O–H groups in total. The molecule has 2 rings (SSSR count). The standard InChI is InChI=1S/C18H26N2O4/c1-23-18(22)10-13-24-16-5-3-15(4-6-16)20-17(21)7-2-14-8-11-19-12-9-14/h3-6,14,19H,2,7-13H2,1H3,(H,20,21). The van der Waals surface area contributed by atoms with E-state index in [0.717, 1.165) is 38.0 Å². The second-order valence-corrected chi connectivity index (χ2v) is 5.98. The zero-order valence-corrected chi connectivity index (χ0v) is 14.2. The molecule has 0 unspecified atom stereocenters. The van der Waals surface area contributed by atoms with Gasteiger partial charge in [-0.2, -0.15) is 0 Å². The average molecular weight is 334 g/mol. The third-order valence-electron chi connectivity index (χ3n) is 4.18. The van der Waals surface area contributed by atoms with E-state index < -0.39 is 0 Å². The molecule has 0 atom stereocenters. The first kappa shape index (κ1) is 18.3. The molecular weight excluding hydrogens is 308 g/mol. The summed E-state index contributed by atoms with van der Waals surface area (Å²) in [5.74, 6) is 1.06. The van der Waals surface area contributed by atoms with Crippen molar-refractivity contribution < 1.29 is 19.1 Å². The topological polar surface area (TPSA) is 76.7 Å². The number of anilines is 1. The number of hydrogen-bond donors (Lipinski definition) is 2. The molecule has 0 saturated carbocycles. The number of methoxy groups -OCH3 is 1. The van der Waals surface area contributed by atoms with Gasteiger partial charge in [-0.25, -0.2) is 0 Å². The van der Waals surface area contributed by atoms with Crippen LogP contribution in [0.3, 0.4) is 0 Å². The summed E-state index contributed by atoms with van der Waals surface area (Å²) in [7, 11) is 1.35. The largest absolute Gasteiger partial charge is 0.493 e. The maximum atomic E-state index is 12.0. The van der Waals surface area contributed by atoms with Gasteiger partial charge in [-0.05, 0) is 62.5 Å². The van der Waals surface area contributed by atoms with Crippen LogP contribution in [0.15, 0.2) is 24.3 Å². The van der Waals surface area contributed by atoms with Gasteiger partial charge < -0.3 is 20.1 Å². The molecule has 1 aliphatic heterocycles. The number of esters is 1. The quantitative estimate of drug-likeness (QED) is 0.714. The van der Waals surface area contributed by atoms with E-state index in [2.05, 4.69) is 15.4 Å². The van der Waals surface area contributed by atoms with Crippen molar-refractivity contribution in [3.63, 3.8) is 0 Å². The maximum absolute atomic E-state index is 12.0. The van der Waals surface area contributed by atoms with E-state index in [4.69, 9.17) is 4.74 Å². The number of piperidine rings is 1. The highest BCUT2D eigenvalue weighted by molar-refractivity contribution is 5.90. The number of benzene rings is 1. The Bertz CT molecular complexity index is 524. The summed E-state index contributed by atoms with van der Waals surface area (Å²) >= 11 is 0. The van der Waals surface area contributed by atoms with Crippen LogP contribution in [-0.2, 0) is 14.3 Å². The van der Waals surface area contributed by atoms with Gasteiger partial charge in [-0.3, -0.25) is 9.59 Å². The Morgan fingerprint density at radius 3 is 2.54 bits per heavy atom. The summed E-state index contributed by atoms with van der Waals surface area (Å²) in [6.45, 7) is 2.39. The third-order valence-corrected chi connectivity index (χ3v) is 4.18. The van der Waals surface area contributed by atoms with Crippen LogP contribution in [0.1, 0.15) is 32.1 Å². The van der Waals surface area contributed by atoms with Crippen molar-refractivity contribution in [1.82, 2.24) is 5.32 Å². The number of hydrogen-bond acceptors (Lipinski definition) is 5. The predicted octanol–water partition coefficient (Wildman–Crippen LogP) is 2.35. The van der Waals surface area contributed by atoms with Crippen molar-refractivity contribution in [2.75, 3.05) is 32.1 Å². The highest BCUT2D eigenvalue weighted by Gasteiger charge is 2.14. The van der Waals surface area contributed by atoms with Gasteiger partial charge in [0.15, 0.2) is 0 Å². The number of carbonyl (C=O) groups excluding carboxylic acids is 2. The van der Waals surface area contributed by atoms with Gasteiger partial charge in [-0.1, -0.05) is 0 Å². The van der Waals surface area contributed by atoms with Crippen LogP contribution in [0.2, 0.25) is 0 Å². The number of ether oxygens (including phenoxy) is 2. The predicted molar refractivity (Wildman–Crippen MR) is 92.0 cm³/mol. The molecule has 1 aliphatic rings. The van der Waals surface area contributed by atoms with Gasteiger partial charge >= 0.3 is 5.97 Å². The lowest BCUT2D eigenvalue weighted by atomic mass is 9.93. The molecule has 1 fully saturated rings. The molecule has 1 aromatic rings. The third kappa shape index (κ3) is 6.58. The lowest BCUT2D eigenvalue weighted by Crippen LogP contribution is -2.28. The van der Waals surface area contributed by atoms with Crippen LogP contribution < -0.4 is 15.4 Å². The van der Waals surface area contributed by atoms with Crippen LogP contribution in [0, 0.1) is 5.92 Å². The number of rotatable bonds is 8. The SMILES string of the molecule is COC(=O)CCOc1ccc(NC(=O)CCC2CCNCC2)cc1. The molecule has 132 valence electrons. The van der Waals surface area contributed by atoms with Crippen LogP contribution >= 0.6 is 0 Å². The first-order valence-corrected chi connectivity index (χ1v) is 8.47. The van der Waals surface area contributed by atoms with E-state index in [9.17, 15) is 9.59 Å². The molecule has 0 radical (unpaired) electrons. The monoisotopic (exact) mass is 334 g/mol. The summed E-state index contributed by atoms with van der Waals surface area (Å²) in [5.41, 5.74) is 0.755. The second kappa shape index (κ2) is 9.93. The zero-order chi connectivity index (χ0) is 17.2. The molecule has 0 spiro atoms. The first-order valence-electron chi connectivity index (χ1n) is 8.47. The lowest BCUT2D eigenvalue weighted by molar-refractivity contribution is -0.141. The summed E-state index contributed by atoms with van der Waals surface area (Å²) in [5, 5.41) is 6.24. The molecule has 1 amide bonds. The molecule has 24 heavy (non-hydrogen) atoms. The smallest absolute Gasteiger partial charge is 0.308 e. The Balaban J connectivity index is 1.68. The van der Waals surface area contributed by atoms with Gasteiger partial charge in [0.2, 0.25) is 5.91 Å². The normalized spacial score (nSPS) is 14.9. The fourth-order valence-electron chi connectivity index (χ4n) is 2.72. The summed E-state index contributed by atoms with van der Waals surface area (Å²) in [4.78, 5) is 23.0. The van der Waals surface area contributed by atoms with Crippen molar-refractivity contribution in [3.8, 4) is 5.75 Å². The van der Waals surface area contributed by atoms with Gasteiger partial charge in [0, 0.05) is 12.1 Å². The van der Waals surface area contributed by atoms with E-state index in [-0.39, 0.29) is 24.9 Å². The fourth-order valence-corrected chi connectivity index (χ4v) is 2.72. The second-order valence-electron chi connectivity index (χ2n) is 5.98. The molecule has 0 bridgehead atoms. The Kier molecular flexibility index (Phi) is 7.55.